The molecule has 0 spiro atoms. The summed E-state index contributed by atoms with van der Waals surface area (Å²) >= 11 is 0. The topological polar surface area (TPSA) is 78.9 Å². The normalized spacial score (nSPS) is 11.1. The third-order valence-corrected chi connectivity index (χ3v) is 2.49. The van der Waals surface area contributed by atoms with Gasteiger partial charge in [0.25, 0.3) is 0 Å². The summed E-state index contributed by atoms with van der Waals surface area (Å²) in [6.45, 7) is 4.46. The Balaban J connectivity index is 2.69. The molecular formula is C15H16O6. The number of esters is 2. The van der Waals surface area contributed by atoms with Crippen LogP contribution >= 0.6 is 0 Å². The maximum Gasteiger partial charge on any atom is 0.333 e. The summed E-state index contributed by atoms with van der Waals surface area (Å²) in [5, 5.41) is 0. The summed E-state index contributed by atoms with van der Waals surface area (Å²) < 4.78 is 14.9. The smallest absolute Gasteiger partial charge is 0.333 e. The van der Waals surface area contributed by atoms with Crippen LogP contribution in [-0.2, 0) is 19.1 Å². The lowest BCUT2D eigenvalue weighted by molar-refractivity contribution is -0.148. The Hall–Kier alpha value is -2.63. The van der Waals surface area contributed by atoms with Gasteiger partial charge in [0.2, 0.25) is 0 Å². The molecule has 0 radical (unpaired) electrons. The van der Waals surface area contributed by atoms with Crippen molar-refractivity contribution in [3.05, 3.63) is 36.4 Å². The quantitative estimate of drug-likeness (QED) is 0.249. The van der Waals surface area contributed by atoms with E-state index in [2.05, 4.69) is 6.58 Å². The average Bonchev–Trinajstić information content (AvgIpc) is 2.48. The van der Waals surface area contributed by atoms with Crippen LogP contribution in [0.2, 0.25) is 0 Å². The summed E-state index contributed by atoms with van der Waals surface area (Å²) in [7, 11) is 1.43. The third-order valence-electron chi connectivity index (χ3n) is 2.49. The second-order valence-corrected chi connectivity index (χ2v) is 4.19. The highest BCUT2D eigenvalue weighted by molar-refractivity contribution is 5.91. The first-order chi connectivity index (χ1) is 9.99. The summed E-state index contributed by atoms with van der Waals surface area (Å²) in [6.07, 6.45) is 0.365. The van der Waals surface area contributed by atoms with Crippen molar-refractivity contribution in [1.29, 1.82) is 0 Å². The van der Waals surface area contributed by atoms with Gasteiger partial charge in [-0.3, -0.25) is 4.79 Å². The Kier molecular flexibility index (Phi) is 6.13. The van der Waals surface area contributed by atoms with Gasteiger partial charge in [0, 0.05) is 5.57 Å². The van der Waals surface area contributed by atoms with E-state index < -0.39 is 24.5 Å². The van der Waals surface area contributed by atoms with E-state index >= 15 is 0 Å². The second-order valence-electron chi connectivity index (χ2n) is 4.19. The number of hydrogen-bond donors (Lipinski definition) is 0. The molecule has 112 valence electrons. The molecule has 1 aromatic rings. The predicted molar refractivity (Wildman–Crippen MR) is 74.0 cm³/mol. The Morgan fingerprint density at radius 1 is 1.29 bits per heavy atom. The molecule has 0 aromatic heterocycles. The van der Waals surface area contributed by atoms with E-state index in [4.69, 9.17) is 14.2 Å². The Labute approximate surface area is 122 Å². The van der Waals surface area contributed by atoms with Crippen LogP contribution in [0.5, 0.6) is 11.5 Å². The fourth-order valence-corrected chi connectivity index (χ4v) is 1.34. The Morgan fingerprint density at radius 2 is 1.90 bits per heavy atom. The van der Waals surface area contributed by atoms with Crippen LogP contribution in [0.3, 0.4) is 0 Å². The maximum absolute atomic E-state index is 11.9. The van der Waals surface area contributed by atoms with Crippen molar-refractivity contribution < 1.29 is 28.6 Å². The molecule has 21 heavy (non-hydrogen) atoms. The van der Waals surface area contributed by atoms with E-state index in [1.54, 1.807) is 18.2 Å². The Bertz CT molecular complexity index is 549. The first kappa shape index (κ1) is 16.4. The zero-order valence-electron chi connectivity index (χ0n) is 11.8. The van der Waals surface area contributed by atoms with Crippen LogP contribution < -0.4 is 9.47 Å². The number of aldehydes is 1. The number of ether oxygens (including phenoxy) is 3. The lowest BCUT2D eigenvalue weighted by atomic mass is 10.2. The fourth-order valence-electron chi connectivity index (χ4n) is 1.34. The van der Waals surface area contributed by atoms with E-state index in [1.807, 2.05) is 0 Å². The summed E-state index contributed by atoms with van der Waals surface area (Å²) in [6, 6.07) is 6.50. The molecule has 0 N–H and O–H groups in total. The number of rotatable bonds is 7. The molecule has 0 fully saturated rings. The molecule has 0 aliphatic rings. The van der Waals surface area contributed by atoms with Gasteiger partial charge in [-0.15, -0.1) is 0 Å². The van der Waals surface area contributed by atoms with Crippen LogP contribution in [0.25, 0.3) is 0 Å². The predicted octanol–water partition coefficient (Wildman–Crippen LogP) is 1.53. The minimum atomic E-state index is -1.21. The van der Waals surface area contributed by atoms with Crippen LogP contribution in [0.4, 0.5) is 0 Å². The van der Waals surface area contributed by atoms with Crippen molar-refractivity contribution in [2.24, 2.45) is 5.92 Å². The maximum atomic E-state index is 11.9. The number of benzene rings is 1. The summed E-state index contributed by atoms with van der Waals surface area (Å²) in [4.78, 5) is 34.0. The number of para-hydroxylation sites is 2. The molecule has 1 atom stereocenters. The number of methoxy groups -OCH3 is 1. The molecule has 6 heteroatoms. The van der Waals surface area contributed by atoms with Gasteiger partial charge >= 0.3 is 11.9 Å². The lowest BCUT2D eigenvalue weighted by Crippen LogP contribution is -2.27. The van der Waals surface area contributed by atoms with Gasteiger partial charge in [0.05, 0.1) is 7.11 Å². The van der Waals surface area contributed by atoms with Crippen LogP contribution in [0.1, 0.15) is 6.92 Å². The molecule has 0 amide bonds. The van der Waals surface area contributed by atoms with E-state index in [9.17, 15) is 14.4 Å². The van der Waals surface area contributed by atoms with E-state index in [0.717, 1.165) is 0 Å². The standard InChI is InChI=1S/C15H16O6/c1-10(2)14(17)20-9-11(8-16)15(18)21-13-7-5-4-6-12(13)19-3/h4-8,11H,1,9H2,2-3H3. The molecule has 1 aromatic carbocycles. The highest BCUT2D eigenvalue weighted by atomic mass is 16.6. The molecule has 0 saturated carbocycles. The first-order valence-electron chi connectivity index (χ1n) is 6.12. The van der Waals surface area contributed by atoms with Gasteiger partial charge < -0.3 is 19.0 Å². The summed E-state index contributed by atoms with van der Waals surface area (Å²) in [5.74, 6) is -2.17. The Morgan fingerprint density at radius 3 is 2.43 bits per heavy atom. The zero-order chi connectivity index (χ0) is 15.8. The largest absolute Gasteiger partial charge is 0.493 e. The molecule has 6 nitrogen and oxygen atoms in total. The number of carbonyl (C=O) groups excluding carboxylic acids is 3. The molecular weight excluding hydrogens is 276 g/mol. The van der Waals surface area contributed by atoms with Crippen molar-refractivity contribution in [1.82, 2.24) is 0 Å². The van der Waals surface area contributed by atoms with Crippen molar-refractivity contribution in [2.45, 2.75) is 6.92 Å². The highest BCUT2D eigenvalue weighted by Gasteiger charge is 2.23. The first-order valence-corrected chi connectivity index (χ1v) is 6.12. The molecule has 0 aliphatic carbocycles. The van der Waals surface area contributed by atoms with Crippen LogP contribution in [0, 0.1) is 5.92 Å². The SMILES string of the molecule is C=C(C)C(=O)OCC(C=O)C(=O)Oc1ccccc1OC. The number of hydrogen-bond acceptors (Lipinski definition) is 6. The molecule has 1 rings (SSSR count). The molecule has 0 aliphatic heterocycles. The van der Waals surface area contributed by atoms with E-state index in [0.29, 0.717) is 12.0 Å². The minimum absolute atomic E-state index is 0.178. The van der Waals surface area contributed by atoms with Gasteiger partial charge in [-0.2, -0.15) is 0 Å². The van der Waals surface area contributed by atoms with E-state index in [1.165, 1.54) is 20.1 Å². The highest BCUT2D eigenvalue weighted by Crippen LogP contribution is 2.26. The van der Waals surface area contributed by atoms with Gasteiger partial charge in [-0.05, 0) is 19.1 Å². The van der Waals surface area contributed by atoms with Gasteiger partial charge in [-0.25, -0.2) is 4.79 Å². The molecule has 0 bridgehead atoms. The number of carbonyl (C=O) groups is 3. The van der Waals surface area contributed by atoms with Gasteiger partial charge in [0.1, 0.15) is 18.8 Å². The monoisotopic (exact) mass is 292 g/mol. The van der Waals surface area contributed by atoms with Crippen LogP contribution in [0.15, 0.2) is 36.4 Å². The van der Waals surface area contributed by atoms with Gasteiger partial charge in [0.15, 0.2) is 11.5 Å². The molecule has 0 saturated heterocycles. The van der Waals surface area contributed by atoms with Crippen molar-refractivity contribution in [3.63, 3.8) is 0 Å². The summed E-state index contributed by atoms with van der Waals surface area (Å²) in [5.41, 5.74) is 0.178. The van der Waals surface area contributed by atoms with Crippen molar-refractivity contribution in [3.8, 4) is 11.5 Å². The van der Waals surface area contributed by atoms with Crippen molar-refractivity contribution >= 4 is 18.2 Å². The van der Waals surface area contributed by atoms with Crippen LogP contribution in [-0.4, -0.2) is 31.9 Å². The van der Waals surface area contributed by atoms with Gasteiger partial charge in [-0.1, -0.05) is 18.7 Å². The molecule has 1 unspecified atom stereocenters. The fraction of sp³-hybridized carbons (Fsp3) is 0.267. The zero-order valence-corrected chi connectivity index (χ0v) is 11.8. The average molecular weight is 292 g/mol. The van der Waals surface area contributed by atoms with E-state index in [-0.39, 0.29) is 11.3 Å². The lowest BCUT2D eigenvalue weighted by Gasteiger charge is -2.12. The minimum Gasteiger partial charge on any atom is -0.493 e. The van der Waals surface area contributed by atoms with Crippen molar-refractivity contribution in [2.75, 3.05) is 13.7 Å². The molecule has 0 heterocycles. The third kappa shape index (κ3) is 4.76. The second kappa shape index (κ2) is 7.84.